The molecular formula is C13H19N3O3. The molecule has 1 aromatic rings. The normalized spacial score (nSPS) is 23.1. The SMILES string of the molecule is Cc1c(NC(=O)C2CCCCC2C(=O)O)cnn1C. The van der Waals surface area contributed by atoms with E-state index in [2.05, 4.69) is 10.4 Å². The minimum atomic E-state index is -0.872. The zero-order chi connectivity index (χ0) is 14.0. The molecule has 0 spiro atoms. The van der Waals surface area contributed by atoms with Crippen molar-refractivity contribution >= 4 is 17.6 Å². The third-order valence-electron chi connectivity index (χ3n) is 3.91. The zero-order valence-corrected chi connectivity index (χ0v) is 11.2. The lowest BCUT2D eigenvalue weighted by Crippen LogP contribution is -2.36. The first kappa shape index (κ1) is 13.6. The lowest BCUT2D eigenvalue weighted by molar-refractivity contribution is -0.147. The smallest absolute Gasteiger partial charge is 0.307 e. The van der Waals surface area contributed by atoms with E-state index < -0.39 is 17.8 Å². The average molecular weight is 265 g/mol. The molecule has 0 aromatic carbocycles. The molecule has 1 saturated carbocycles. The van der Waals surface area contributed by atoms with E-state index in [9.17, 15) is 14.7 Å². The summed E-state index contributed by atoms with van der Waals surface area (Å²) in [6, 6.07) is 0. The molecule has 1 heterocycles. The molecule has 2 unspecified atom stereocenters. The van der Waals surface area contributed by atoms with Crippen molar-refractivity contribution in [1.29, 1.82) is 0 Å². The number of hydrogen-bond acceptors (Lipinski definition) is 3. The van der Waals surface area contributed by atoms with Crippen molar-refractivity contribution in [3.05, 3.63) is 11.9 Å². The third kappa shape index (κ3) is 2.77. The van der Waals surface area contributed by atoms with Crippen LogP contribution in [0.5, 0.6) is 0 Å². The number of anilines is 1. The number of amides is 1. The fourth-order valence-electron chi connectivity index (χ4n) is 2.59. The predicted molar refractivity (Wildman–Crippen MR) is 69.7 cm³/mol. The highest BCUT2D eigenvalue weighted by Gasteiger charge is 2.35. The summed E-state index contributed by atoms with van der Waals surface area (Å²) in [6.07, 6.45) is 4.61. The Balaban J connectivity index is 2.10. The van der Waals surface area contributed by atoms with Gasteiger partial charge in [-0.15, -0.1) is 0 Å². The molecule has 0 bridgehead atoms. The lowest BCUT2D eigenvalue weighted by Gasteiger charge is -2.27. The zero-order valence-electron chi connectivity index (χ0n) is 11.2. The van der Waals surface area contributed by atoms with Gasteiger partial charge in [0.2, 0.25) is 5.91 Å². The van der Waals surface area contributed by atoms with E-state index >= 15 is 0 Å². The Hall–Kier alpha value is -1.85. The van der Waals surface area contributed by atoms with E-state index in [1.807, 2.05) is 6.92 Å². The summed E-state index contributed by atoms with van der Waals surface area (Å²) < 4.78 is 1.67. The van der Waals surface area contributed by atoms with Gasteiger partial charge in [0.15, 0.2) is 0 Å². The molecule has 104 valence electrons. The van der Waals surface area contributed by atoms with Gasteiger partial charge in [-0.3, -0.25) is 14.3 Å². The molecule has 2 rings (SSSR count). The van der Waals surface area contributed by atoms with Crippen LogP contribution in [-0.4, -0.2) is 26.8 Å². The number of nitrogens with zero attached hydrogens (tertiary/aromatic N) is 2. The van der Waals surface area contributed by atoms with Crippen molar-refractivity contribution in [3.8, 4) is 0 Å². The molecule has 1 fully saturated rings. The minimum absolute atomic E-state index is 0.205. The van der Waals surface area contributed by atoms with Crippen LogP contribution in [-0.2, 0) is 16.6 Å². The summed E-state index contributed by atoms with van der Waals surface area (Å²) in [5.74, 6) is -2.08. The van der Waals surface area contributed by atoms with Crippen molar-refractivity contribution < 1.29 is 14.7 Å². The first-order chi connectivity index (χ1) is 9.00. The van der Waals surface area contributed by atoms with Crippen LogP contribution in [0.1, 0.15) is 31.4 Å². The highest BCUT2D eigenvalue weighted by atomic mass is 16.4. The molecule has 6 heteroatoms. The molecule has 6 nitrogen and oxygen atoms in total. The fraction of sp³-hybridized carbons (Fsp3) is 0.615. The predicted octanol–water partition coefficient (Wildman–Crippen LogP) is 1.56. The van der Waals surface area contributed by atoms with Crippen LogP contribution in [0, 0.1) is 18.8 Å². The first-order valence-corrected chi connectivity index (χ1v) is 6.53. The molecule has 2 N–H and O–H groups in total. The van der Waals surface area contributed by atoms with E-state index in [1.165, 1.54) is 0 Å². The summed E-state index contributed by atoms with van der Waals surface area (Å²) in [6.45, 7) is 1.86. The second-order valence-corrected chi connectivity index (χ2v) is 5.09. The number of carboxylic acid groups (broad SMARTS) is 1. The number of aromatic nitrogens is 2. The molecule has 1 amide bonds. The largest absolute Gasteiger partial charge is 0.481 e. The van der Waals surface area contributed by atoms with E-state index in [-0.39, 0.29) is 5.91 Å². The summed E-state index contributed by atoms with van der Waals surface area (Å²) >= 11 is 0. The van der Waals surface area contributed by atoms with Crippen LogP contribution in [0.3, 0.4) is 0 Å². The van der Waals surface area contributed by atoms with Crippen LogP contribution in [0.4, 0.5) is 5.69 Å². The number of rotatable bonds is 3. The van der Waals surface area contributed by atoms with Gasteiger partial charge in [-0.2, -0.15) is 5.10 Å². The second-order valence-electron chi connectivity index (χ2n) is 5.09. The van der Waals surface area contributed by atoms with Gasteiger partial charge in [-0.25, -0.2) is 0 Å². The van der Waals surface area contributed by atoms with E-state index in [4.69, 9.17) is 0 Å². The topological polar surface area (TPSA) is 84.2 Å². The third-order valence-corrected chi connectivity index (χ3v) is 3.91. The average Bonchev–Trinajstić information content (AvgIpc) is 2.70. The summed E-state index contributed by atoms with van der Waals surface area (Å²) in [5.41, 5.74) is 1.51. The standard InChI is InChI=1S/C13H19N3O3/c1-8-11(7-14-16(8)2)15-12(17)9-5-3-4-6-10(9)13(18)19/h7,9-10H,3-6H2,1-2H3,(H,15,17)(H,18,19). The number of aliphatic carboxylic acids is 1. The Kier molecular flexibility index (Phi) is 3.87. The highest BCUT2D eigenvalue weighted by molar-refractivity contribution is 5.95. The molecule has 2 atom stereocenters. The summed E-state index contributed by atoms with van der Waals surface area (Å²) in [7, 11) is 1.80. The Morgan fingerprint density at radius 1 is 1.37 bits per heavy atom. The Bertz CT molecular complexity index is 495. The molecule has 1 aliphatic rings. The maximum absolute atomic E-state index is 12.2. The van der Waals surface area contributed by atoms with Gasteiger partial charge in [0.25, 0.3) is 0 Å². The lowest BCUT2D eigenvalue weighted by atomic mass is 9.78. The van der Waals surface area contributed by atoms with Crippen molar-refractivity contribution in [1.82, 2.24) is 9.78 Å². The molecular weight excluding hydrogens is 246 g/mol. The summed E-state index contributed by atoms with van der Waals surface area (Å²) in [5, 5.41) is 16.0. The van der Waals surface area contributed by atoms with Crippen molar-refractivity contribution in [3.63, 3.8) is 0 Å². The van der Waals surface area contributed by atoms with Crippen LogP contribution in [0.2, 0.25) is 0 Å². The maximum atomic E-state index is 12.2. The van der Waals surface area contributed by atoms with Crippen LogP contribution in [0.15, 0.2) is 6.20 Å². The number of carboxylic acids is 1. The molecule has 19 heavy (non-hydrogen) atoms. The number of nitrogens with one attached hydrogen (secondary N) is 1. The monoisotopic (exact) mass is 265 g/mol. The Labute approximate surface area is 111 Å². The van der Waals surface area contributed by atoms with Gasteiger partial charge in [0, 0.05) is 7.05 Å². The van der Waals surface area contributed by atoms with Crippen LogP contribution < -0.4 is 5.32 Å². The number of carbonyl (C=O) groups is 2. The molecule has 0 saturated heterocycles. The molecule has 1 aromatic heterocycles. The summed E-state index contributed by atoms with van der Waals surface area (Å²) in [4.78, 5) is 23.4. The van der Waals surface area contributed by atoms with E-state index in [0.717, 1.165) is 18.5 Å². The number of carbonyl (C=O) groups excluding carboxylic acids is 1. The fourth-order valence-corrected chi connectivity index (χ4v) is 2.59. The quantitative estimate of drug-likeness (QED) is 0.868. The van der Waals surface area contributed by atoms with Crippen LogP contribution >= 0.6 is 0 Å². The first-order valence-electron chi connectivity index (χ1n) is 6.53. The highest BCUT2D eigenvalue weighted by Crippen LogP contribution is 2.31. The Morgan fingerprint density at radius 2 is 2.00 bits per heavy atom. The van der Waals surface area contributed by atoms with Crippen molar-refractivity contribution in [2.24, 2.45) is 18.9 Å². The number of hydrogen-bond donors (Lipinski definition) is 2. The van der Waals surface area contributed by atoms with Gasteiger partial charge < -0.3 is 10.4 Å². The minimum Gasteiger partial charge on any atom is -0.481 e. The second kappa shape index (κ2) is 5.42. The van der Waals surface area contributed by atoms with Gasteiger partial charge in [-0.1, -0.05) is 12.8 Å². The van der Waals surface area contributed by atoms with Crippen LogP contribution in [0.25, 0.3) is 0 Å². The Morgan fingerprint density at radius 3 is 2.53 bits per heavy atom. The maximum Gasteiger partial charge on any atom is 0.307 e. The van der Waals surface area contributed by atoms with E-state index in [1.54, 1.807) is 17.9 Å². The van der Waals surface area contributed by atoms with Gasteiger partial charge >= 0.3 is 5.97 Å². The number of aryl methyl sites for hydroxylation is 1. The van der Waals surface area contributed by atoms with Gasteiger partial charge in [0.1, 0.15) is 0 Å². The molecule has 1 aliphatic carbocycles. The van der Waals surface area contributed by atoms with E-state index in [0.29, 0.717) is 18.5 Å². The van der Waals surface area contributed by atoms with Crippen molar-refractivity contribution in [2.75, 3.05) is 5.32 Å². The molecule has 0 radical (unpaired) electrons. The van der Waals surface area contributed by atoms with Gasteiger partial charge in [0.05, 0.1) is 29.4 Å². The molecule has 0 aliphatic heterocycles. The van der Waals surface area contributed by atoms with Gasteiger partial charge in [-0.05, 0) is 19.8 Å². The van der Waals surface area contributed by atoms with Crippen molar-refractivity contribution in [2.45, 2.75) is 32.6 Å².